The molecule has 4 heteroatoms. The van der Waals surface area contributed by atoms with Gasteiger partial charge >= 0.3 is 0 Å². The maximum Gasteiger partial charge on any atom is 0.0629 e. The van der Waals surface area contributed by atoms with Crippen LogP contribution in [-0.4, -0.2) is 31.0 Å². The predicted molar refractivity (Wildman–Crippen MR) is 118 cm³/mol. The molecule has 0 saturated carbocycles. The number of ether oxygens (including phenoxy) is 1. The van der Waals surface area contributed by atoms with Gasteiger partial charge in [-0.25, -0.2) is 0 Å². The second-order valence-electron chi connectivity index (χ2n) is 7.17. The molecular formula is C24H27N2OP. The SMILES string of the molecule is c1ccc(CP(Cc2ccccc2)(=Nc2ccccc2)N2CCOCC2)cc1. The van der Waals surface area contributed by atoms with Crippen LogP contribution in [0.2, 0.25) is 0 Å². The van der Waals surface area contributed by atoms with E-state index in [0.717, 1.165) is 44.3 Å². The summed E-state index contributed by atoms with van der Waals surface area (Å²) in [6.45, 7) is 3.47. The molecular weight excluding hydrogens is 363 g/mol. The van der Waals surface area contributed by atoms with Crippen LogP contribution in [0, 0.1) is 0 Å². The van der Waals surface area contributed by atoms with E-state index >= 15 is 0 Å². The lowest BCUT2D eigenvalue weighted by atomic mass is 10.2. The monoisotopic (exact) mass is 390 g/mol. The predicted octanol–water partition coefficient (Wildman–Crippen LogP) is 6.17. The Morgan fingerprint density at radius 2 is 1.14 bits per heavy atom. The highest BCUT2D eigenvalue weighted by Gasteiger charge is 2.30. The molecule has 1 heterocycles. The number of hydrogen-bond acceptors (Lipinski definition) is 2. The smallest absolute Gasteiger partial charge is 0.0629 e. The highest BCUT2D eigenvalue weighted by Crippen LogP contribution is 2.60. The molecule has 1 fully saturated rings. The molecule has 1 aliphatic rings. The second kappa shape index (κ2) is 9.34. The zero-order chi connectivity index (χ0) is 19.1. The summed E-state index contributed by atoms with van der Waals surface area (Å²) in [7, 11) is -1.86. The summed E-state index contributed by atoms with van der Waals surface area (Å²) in [5.74, 6) is 0. The van der Waals surface area contributed by atoms with Crippen molar-refractivity contribution in [2.24, 2.45) is 4.74 Å². The van der Waals surface area contributed by atoms with E-state index < -0.39 is 7.21 Å². The van der Waals surface area contributed by atoms with Crippen LogP contribution in [0.4, 0.5) is 5.69 Å². The van der Waals surface area contributed by atoms with Gasteiger partial charge in [0.25, 0.3) is 0 Å². The Morgan fingerprint density at radius 1 is 0.679 bits per heavy atom. The summed E-state index contributed by atoms with van der Waals surface area (Å²) >= 11 is 0. The number of nitrogens with zero attached hydrogens (tertiary/aromatic N) is 2. The van der Waals surface area contributed by atoms with Crippen LogP contribution in [0.25, 0.3) is 0 Å². The molecule has 0 atom stereocenters. The van der Waals surface area contributed by atoms with Gasteiger partial charge in [0.15, 0.2) is 0 Å². The Hall–Kier alpha value is -2.19. The van der Waals surface area contributed by atoms with Crippen LogP contribution in [0.1, 0.15) is 11.1 Å². The van der Waals surface area contributed by atoms with E-state index in [4.69, 9.17) is 9.48 Å². The molecule has 1 aliphatic heterocycles. The van der Waals surface area contributed by atoms with Crippen molar-refractivity contribution >= 4 is 12.9 Å². The fourth-order valence-corrected chi connectivity index (χ4v) is 7.62. The van der Waals surface area contributed by atoms with E-state index in [-0.39, 0.29) is 0 Å². The lowest BCUT2D eigenvalue weighted by molar-refractivity contribution is 0.0738. The van der Waals surface area contributed by atoms with Gasteiger partial charge in [-0.2, -0.15) is 0 Å². The molecule has 0 bridgehead atoms. The molecule has 28 heavy (non-hydrogen) atoms. The largest absolute Gasteiger partial charge is 0.379 e. The van der Waals surface area contributed by atoms with E-state index in [1.54, 1.807) is 0 Å². The van der Waals surface area contributed by atoms with Gasteiger partial charge in [0.1, 0.15) is 0 Å². The topological polar surface area (TPSA) is 24.8 Å². The number of morpholine rings is 1. The molecule has 0 aromatic heterocycles. The van der Waals surface area contributed by atoms with Crippen molar-refractivity contribution in [2.45, 2.75) is 12.3 Å². The van der Waals surface area contributed by atoms with E-state index in [1.165, 1.54) is 11.1 Å². The molecule has 1 saturated heterocycles. The highest BCUT2D eigenvalue weighted by atomic mass is 31.2. The molecule has 0 unspecified atom stereocenters. The van der Waals surface area contributed by atoms with Crippen molar-refractivity contribution in [1.82, 2.24) is 4.67 Å². The first-order valence-corrected chi connectivity index (χ1v) is 12.0. The van der Waals surface area contributed by atoms with Crippen LogP contribution in [0.15, 0.2) is 95.7 Å². The normalized spacial score (nSPS) is 15.3. The van der Waals surface area contributed by atoms with Crippen molar-refractivity contribution in [3.8, 4) is 0 Å². The maximum atomic E-state index is 5.68. The van der Waals surface area contributed by atoms with Crippen molar-refractivity contribution < 1.29 is 4.74 Å². The fourth-order valence-electron chi connectivity index (χ4n) is 3.78. The van der Waals surface area contributed by atoms with Gasteiger partial charge in [-0.15, -0.1) is 0 Å². The average molecular weight is 390 g/mol. The summed E-state index contributed by atoms with van der Waals surface area (Å²) in [5, 5.41) is 0. The third-order valence-electron chi connectivity index (χ3n) is 5.13. The Bertz CT molecular complexity index is 862. The Balaban J connectivity index is 1.83. The molecule has 3 aromatic carbocycles. The summed E-state index contributed by atoms with van der Waals surface area (Å²) in [5.41, 5.74) is 3.80. The van der Waals surface area contributed by atoms with Crippen LogP contribution < -0.4 is 0 Å². The van der Waals surface area contributed by atoms with E-state index in [0.29, 0.717) is 0 Å². The molecule has 3 aromatic rings. The molecule has 0 aliphatic carbocycles. The molecule has 3 nitrogen and oxygen atoms in total. The van der Waals surface area contributed by atoms with Gasteiger partial charge in [0, 0.05) is 32.6 Å². The Labute approximate surface area is 168 Å². The zero-order valence-electron chi connectivity index (χ0n) is 16.2. The standard InChI is InChI=1S/C24H27N2OP/c1-4-10-22(11-5-1)20-28(26-16-18-27-19-17-26,21-23-12-6-2-7-13-23)25-24-14-8-3-9-15-24/h1-15H,16-21H2. The quantitative estimate of drug-likeness (QED) is 0.470. The van der Waals surface area contributed by atoms with Crippen LogP contribution in [0.5, 0.6) is 0 Å². The van der Waals surface area contributed by atoms with E-state index in [2.05, 4.69) is 95.7 Å². The van der Waals surface area contributed by atoms with Crippen LogP contribution in [-0.2, 0) is 17.1 Å². The van der Waals surface area contributed by atoms with Gasteiger partial charge < -0.3 is 4.74 Å². The van der Waals surface area contributed by atoms with Gasteiger partial charge in [0.05, 0.1) is 18.9 Å². The summed E-state index contributed by atoms with van der Waals surface area (Å²) in [6, 6.07) is 32.1. The van der Waals surface area contributed by atoms with Crippen molar-refractivity contribution in [2.75, 3.05) is 26.3 Å². The summed E-state index contributed by atoms with van der Waals surface area (Å²) in [6.07, 6.45) is 1.97. The van der Waals surface area contributed by atoms with Gasteiger partial charge in [-0.05, 0) is 23.3 Å². The summed E-state index contributed by atoms with van der Waals surface area (Å²) in [4.78, 5) is 0. The van der Waals surface area contributed by atoms with Crippen molar-refractivity contribution in [3.63, 3.8) is 0 Å². The molecule has 0 amide bonds. The van der Waals surface area contributed by atoms with E-state index in [1.807, 2.05) is 0 Å². The first-order chi connectivity index (χ1) is 13.8. The highest BCUT2D eigenvalue weighted by molar-refractivity contribution is 7.62. The third-order valence-corrected chi connectivity index (χ3v) is 8.93. The number of rotatable bonds is 6. The minimum Gasteiger partial charge on any atom is -0.379 e. The molecule has 0 spiro atoms. The fraction of sp³-hybridized carbons (Fsp3) is 0.250. The first kappa shape index (κ1) is 19.1. The van der Waals surface area contributed by atoms with Gasteiger partial charge in [0.2, 0.25) is 0 Å². The molecule has 0 N–H and O–H groups in total. The Kier molecular flexibility index (Phi) is 6.38. The number of benzene rings is 3. The Morgan fingerprint density at radius 3 is 1.64 bits per heavy atom. The van der Waals surface area contributed by atoms with E-state index in [9.17, 15) is 0 Å². The van der Waals surface area contributed by atoms with Gasteiger partial charge in [-0.3, -0.25) is 9.42 Å². The molecule has 144 valence electrons. The first-order valence-electron chi connectivity index (χ1n) is 9.91. The minimum absolute atomic E-state index is 0.787. The maximum absolute atomic E-state index is 5.68. The summed E-state index contributed by atoms with van der Waals surface area (Å²) < 4.78 is 13.8. The second-order valence-corrected chi connectivity index (χ2v) is 10.3. The zero-order valence-corrected chi connectivity index (χ0v) is 17.0. The van der Waals surface area contributed by atoms with Crippen LogP contribution >= 0.6 is 7.21 Å². The lowest BCUT2D eigenvalue weighted by Gasteiger charge is -2.39. The van der Waals surface area contributed by atoms with Gasteiger partial charge in [-0.1, -0.05) is 78.9 Å². The number of hydrogen-bond donors (Lipinski definition) is 0. The third kappa shape index (κ3) is 4.80. The molecule has 4 rings (SSSR count). The lowest BCUT2D eigenvalue weighted by Crippen LogP contribution is -2.34. The average Bonchev–Trinajstić information content (AvgIpc) is 2.76. The minimum atomic E-state index is -1.86. The van der Waals surface area contributed by atoms with Crippen molar-refractivity contribution in [1.29, 1.82) is 0 Å². The van der Waals surface area contributed by atoms with Crippen LogP contribution in [0.3, 0.4) is 0 Å². The molecule has 0 radical (unpaired) electrons. The van der Waals surface area contributed by atoms with Crippen molar-refractivity contribution in [3.05, 3.63) is 102 Å².